The largest absolute Gasteiger partial charge is 0.288 e. The molecule has 3 rings (SSSR count). The molecule has 0 aliphatic carbocycles. The highest BCUT2D eigenvalue weighted by molar-refractivity contribution is 8.00. The molecule has 10 heteroatoms. The molecule has 3 amide bonds. The number of carbonyl (C=O) groups excluding carboxylic acids is 3. The molecule has 1 fully saturated rings. The maximum atomic E-state index is 13.5. The zero-order chi connectivity index (χ0) is 19.2. The number of rotatable bonds is 6. The van der Waals surface area contributed by atoms with Crippen molar-refractivity contribution in [3.63, 3.8) is 0 Å². The number of carbonyl (C=O) groups is 3. The summed E-state index contributed by atoms with van der Waals surface area (Å²) in [4.78, 5) is 41.7. The Hall–Kier alpha value is -2.46. The lowest BCUT2D eigenvalue weighted by Gasteiger charge is -2.10. The second-order valence-corrected chi connectivity index (χ2v) is 7.62. The average Bonchev–Trinajstić information content (AvgIpc) is 3.28. The van der Waals surface area contributed by atoms with E-state index in [-0.39, 0.29) is 18.1 Å². The molecule has 0 atom stereocenters. The molecule has 1 aromatic carbocycles. The van der Waals surface area contributed by atoms with Gasteiger partial charge in [-0.05, 0) is 18.6 Å². The number of hydrogen-bond acceptors (Lipinski definition) is 6. The summed E-state index contributed by atoms with van der Waals surface area (Å²) in [7, 11) is 0. The summed E-state index contributed by atoms with van der Waals surface area (Å²) in [5, 5.41) is 2.31. The maximum absolute atomic E-state index is 13.5. The minimum Gasteiger partial charge on any atom is -0.288 e. The van der Waals surface area contributed by atoms with E-state index >= 15 is 0 Å². The van der Waals surface area contributed by atoms with Crippen molar-refractivity contribution >= 4 is 46.0 Å². The topological polar surface area (TPSA) is 91.4 Å². The first-order chi connectivity index (χ1) is 13.0. The van der Waals surface area contributed by atoms with Gasteiger partial charge in [0.05, 0.1) is 17.9 Å². The third-order valence-electron chi connectivity index (χ3n) is 3.72. The molecule has 1 aliphatic heterocycles. The van der Waals surface area contributed by atoms with Crippen LogP contribution in [0.2, 0.25) is 0 Å². The van der Waals surface area contributed by atoms with Crippen LogP contribution in [0.15, 0.2) is 34.5 Å². The number of benzene rings is 1. The molecule has 2 heterocycles. The number of aromatic nitrogens is 1. The Morgan fingerprint density at radius 3 is 2.78 bits per heavy atom. The Morgan fingerprint density at radius 2 is 2.04 bits per heavy atom. The van der Waals surface area contributed by atoms with Gasteiger partial charge in [0.15, 0.2) is 5.13 Å². The van der Waals surface area contributed by atoms with E-state index in [1.807, 2.05) is 0 Å². The van der Waals surface area contributed by atoms with E-state index in [9.17, 15) is 18.8 Å². The van der Waals surface area contributed by atoms with Crippen molar-refractivity contribution in [2.45, 2.75) is 24.2 Å². The second-order valence-electron chi connectivity index (χ2n) is 5.76. The molecule has 1 aromatic heterocycles. The van der Waals surface area contributed by atoms with E-state index in [4.69, 9.17) is 0 Å². The monoisotopic (exact) mass is 408 g/mol. The van der Waals surface area contributed by atoms with E-state index in [1.54, 1.807) is 28.5 Å². The Labute approximate surface area is 163 Å². The molecule has 0 saturated carbocycles. The van der Waals surface area contributed by atoms with Crippen molar-refractivity contribution in [1.29, 1.82) is 0 Å². The van der Waals surface area contributed by atoms with Crippen molar-refractivity contribution in [2.24, 2.45) is 0 Å². The summed E-state index contributed by atoms with van der Waals surface area (Å²) >= 11 is 2.35. The van der Waals surface area contributed by atoms with E-state index < -0.39 is 17.6 Å². The van der Waals surface area contributed by atoms with Gasteiger partial charge in [0.2, 0.25) is 17.7 Å². The maximum Gasteiger partial charge on any atom is 0.248 e. The Morgan fingerprint density at radius 1 is 1.26 bits per heavy atom. The molecular formula is C17H17FN4O3S2. The van der Waals surface area contributed by atoms with Crippen LogP contribution in [0.5, 0.6) is 0 Å². The lowest BCUT2D eigenvalue weighted by Crippen LogP contribution is -2.43. The van der Waals surface area contributed by atoms with Gasteiger partial charge in [-0.1, -0.05) is 12.1 Å². The summed E-state index contributed by atoms with van der Waals surface area (Å²) in [5.74, 6) is -1.25. The predicted octanol–water partition coefficient (Wildman–Crippen LogP) is 1.89. The molecule has 1 aliphatic rings. The van der Waals surface area contributed by atoms with Crippen molar-refractivity contribution in [2.75, 3.05) is 17.2 Å². The first-order valence-corrected chi connectivity index (χ1v) is 10.1. The number of hydrazine groups is 1. The van der Waals surface area contributed by atoms with Crippen molar-refractivity contribution in [3.8, 4) is 0 Å². The fourth-order valence-electron chi connectivity index (χ4n) is 2.44. The second kappa shape index (κ2) is 8.96. The van der Waals surface area contributed by atoms with Gasteiger partial charge in [-0.2, -0.15) is 0 Å². The van der Waals surface area contributed by atoms with Crippen LogP contribution < -0.4 is 15.8 Å². The van der Waals surface area contributed by atoms with Gasteiger partial charge < -0.3 is 0 Å². The molecule has 1 saturated heterocycles. The van der Waals surface area contributed by atoms with Crippen LogP contribution in [0.1, 0.15) is 18.5 Å². The van der Waals surface area contributed by atoms with Crippen molar-refractivity contribution in [3.05, 3.63) is 41.2 Å². The number of amides is 3. The zero-order valence-corrected chi connectivity index (χ0v) is 15.9. The predicted molar refractivity (Wildman–Crippen MR) is 101 cm³/mol. The van der Waals surface area contributed by atoms with Gasteiger partial charge in [-0.3, -0.25) is 30.1 Å². The zero-order valence-electron chi connectivity index (χ0n) is 14.2. The van der Waals surface area contributed by atoms with Gasteiger partial charge in [-0.15, -0.1) is 23.1 Å². The number of nitrogens with one attached hydrogen (secondary N) is 2. The fourth-order valence-corrected chi connectivity index (χ4v) is 4.05. The lowest BCUT2D eigenvalue weighted by molar-refractivity contribution is -0.127. The Kier molecular flexibility index (Phi) is 6.40. The normalized spacial score (nSPS) is 13.7. The number of halogens is 1. The highest BCUT2D eigenvalue weighted by Crippen LogP contribution is 2.25. The fraction of sp³-hybridized carbons (Fsp3) is 0.294. The van der Waals surface area contributed by atoms with Crippen LogP contribution in [0.3, 0.4) is 0 Å². The molecule has 2 N–H and O–H groups in total. The summed E-state index contributed by atoms with van der Waals surface area (Å²) in [6.45, 7) is 0.647. The van der Waals surface area contributed by atoms with E-state index in [2.05, 4.69) is 15.8 Å². The van der Waals surface area contributed by atoms with Gasteiger partial charge in [-0.25, -0.2) is 9.37 Å². The van der Waals surface area contributed by atoms with E-state index in [0.717, 1.165) is 18.2 Å². The highest BCUT2D eigenvalue weighted by Gasteiger charge is 2.24. The molecule has 0 bridgehead atoms. The molecule has 2 aromatic rings. The first-order valence-electron chi connectivity index (χ1n) is 8.22. The van der Waals surface area contributed by atoms with Crippen molar-refractivity contribution < 1.29 is 18.8 Å². The minimum absolute atomic E-state index is 0.0146. The molecule has 7 nitrogen and oxygen atoms in total. The highest BCUT2D eigenvalue weighted by atomic mass is 32.2. The van der Waals surface area contributed by atoms with Crippen LogP contribution in [0, 0.1) is 5.82 Å². The summed E-state index contributed by atoms with van der Waals surface area (Å²) in [6.07, 6.45) is 1.32. The van der Waals surface area contributed by atoms with Crippen LogP contribution in [-0.2, 0) is 20.8 Å². The third-order valence-corrected chi connectivity index (χ3v) is 5.68. The molecule has 0 unspecified atom stereocenters. The molecular weight excluding hydrogens is 391 g/mol. The van der Waals surface area contributed by atoms with Crippen LogP contribution in [0.25, 0.3) is 0 Å². The lowest BCUT2D eigenvalue weighted by atomic mass is 10.3. The first kappa shape index (κ1) is 19.3. The smallest absolute Gasteiger partial charge is 0.248 e. The standard InChI is InChI=1S/C17H17FN4O3S2/c18-12-4-1-2-5-13(12)26-10-15(24)21-20-14(23)8-11-9-27-17(19-11)22-7-3-6-16(22)25/h1-2,4-5,9H,3,6-8,10H2,(H,20,23)(H,21,24). The van der Waals surface area contributed by atoms with Gasteiger partial charge in [0.1, 0.15) is 5.82 Å². The van der Waals surface area contributed by atoms with Gasteiger partial charge in [0.25, 0.3) is 0 Å². The molecule has 0 spiro atoms. The summed E-state index contributed by atoms with van der Waals surface area (Å²) in [6, 6.07) is 6.16. The third kappa shape index (κ3) is 5.27. The molecule has 27 heavy (non-hydrogen) atoms. The number of thioether (sulfide) groups is 1. The SMILES string of the molecule is O=C(CSc1ccccc1F)NNC(=O)Cc1csc(N2CCCC2=O)n1. The van der Waals surface area contributed by atoms with Gasteiger partial charge >= 0.3 is 0 Å². The molecule has 0 radical (unpaired) electrons. The van der Waals surface area contributed by atoms with Crippen LogP contribution in [-0.4, -0.2) is 35.0 Å². The summed E-state index contributed by atoms with van der Waals surface area (Å²) in [5.41, 5.74) is 5.13. The number of hydrogen-bond donors (Lipinski definition) is 2. The van der Waals surface area contributed by atoms with Crippen LogP contribution in [0.4, 0.5) is 9.52 Å². The average molecular weight is 408 g/mol. The Balaban J connectivity index is 1.42. The van der Waals surface area contributed by atoms with E-state index in [0.29, 0.717) is 28.7 Å². The van der Waals surface area contributed by atoms with E-state index in [1.165, 1.54) is 17.4 Å². The number of anilines is 1. The number of nitrogens with zero attached hydrogens (tertiary/aromatic N) is 2. The summed E-state index contributed by atoms with van der Waals surface area (Å²) < 4.78 is 13.5. The minimum atomic E-state index is -0.446. The quantitative estimate of drug-likeness (QED) is 0.563. The Bertz CT molecular complexity index is 858. The molecule has 142 valence electrons. The number of thiazole rings is 1. The van der Waals surface area contributed by atoms with Crippen molar-refractivity contribution in [1.82, 2.24) is 15.8 Å². The van der Waals surface area contributed by atoms with Gasteiger partial charge in [0, 0.05) is 23.2 Å². The van der Waals surface area contributed by atoms with Crippen LogP contribution >= 0.6 is 23.1 Å².